The van der Waals surface area contributed by atoms with Gasteiger partial charge in [-0.3, -0.25) is 0 Å². The van der Waals surface area contributed by atoms with Gasteiger partial charge in [-0.1, -0.05) is 19.9 Å². The number of anilines is 2. The lowest BCUT2D eigenvalue weighted by molar-refractivity contribution is 0.456. The summed E-state index contributed by atoms with van der Waals surface area (Å²) in [7, 11) is 0. The zero-order valence-electron chi connectivity index (χ0n) is 8.63. The second kappa shape index (κ2) is 3.39. The highest BCUT2D eigenvalue weighted by molar-refractivity contribution is 7.99. The minimum Gasteiger partial charge on any atom is -0.397 e. The fourth-order valence-electron chi connectivity index (χ4n) is 1.51. The molecule has 1 heterocycles. The molecular weight excluding hydrogens is 192 g/mol. The van der Waals surface area contributed by atoms with Gasteiger partial charge in [0.2, 0.25) is 0 Å². The number of fused-ring (bicyclic) bond motifs is 1. The van der Waals surface area contributed by atoms with E-state index in [0.717, 1.165) is 23.7 Å². The molecule has 0 atom stereocenters. The third-order valence-electron chi connectivity index (χ3n) is 2.42. The van der Waals surface area contributed by atoms with Crippen molar-refractivity contribution in [3.05, 3.63) is 18.2 Å². The van der Waals surface area contributed by atoms with Crippen LogP contribution in [0.1, 0.15) is 13.8 Å². The maximum absolute atomic E-state index is 5.92. The minimum absolute atomic E-state index is 0.329. The third-order valence-corrected chi connectivity index (χ3v) is 4.00. The molecule has 0 fully saturated rings. The van der Waals surface area contributed by atoms with Crippen LogP contribution in [0, 0.1) is 5.41 Å². The summed E-state index contributed by atoms with van der Waals surface area (Å²) < 4.78 is 0. The van der Waals surface area contributed by atoms with Crippen molar-refractivity contribution < 1.29 is 0 Å². The largest absolute Gasteiger partial charge is 0.397 e. The van der Waals surface area contributed by atoms with Crippen molar-refractivity contribution in [3.63, 3.8) is 0 Å². The van der Waals surface area contributed by atoms with Crippen LogP contribution in [-0.2, 0) is 0 Å². The first kappa shape index (κ1) is 9.71. The van der Waals surface area contributed by atoms with E-state index in [1.807, 2.05) is 23.9 Å². The summed E-state index contributed by atoms with van der Waals surface area (Å²) in [4.78, 5) is 1.27. The molecule has 0 bridgehead atoms. The van der Waals surface area contributed by atoms with E-state index in [2.05, 4.69) is 25.2 Å². The van der Waals surface area contributed by atoms with Gasteiger partial charge < -0.3 is 11.1 Å². The Hall–Kier alpha value is -0.830. The van der Waals surface area contributed by atoms with E-state index < -0.39 is 0 Å². The van der Waals surface area contributed by atoms with Gasteiger partial charge in [0.15, 0.2) is 0 Å². The Kier molecular flexibility index (Phi) is 2.35. The van der Waals surface area contributed by atoms with E-state index in [4.69, 9.17) is 5.73 Å². The summed E-state index contributed by atoms with van der Waals surface area (Å²) in [5, 5.41) is 3.44. The lowest BCUT2D eigenvalue weighted by Gasteiger charge is -2.21. The first-order valence-corrected chi connectivity index (χ1v) is 5.82. The molecule has 0 unspecified atom stereocenters. The lowest BCUT2D eigenvalue weighted by Crippen LogP contribution is -2.23. The number of thioether (sulfide) groups is 1. The zero-order chi connectivity index (χ0) is 10.2. The standard InChI is InChI=1S/C11H16N2S/c1-11(2)6-13-10-8(12)4-3-5-9(10)14-7-11/h3-5,13H,6-7,12H2,1-2H3. The second-order valence-electron chi connectivity index (χ2n) is 4.53. The molecule has 3 N–H and O–H groups in total. The van der Waals surface area contributed by atoms with Crippen LogP contribution in [0.25, 0.3) is 0 Å². The molecule has 0 aliphatic carbocycles. The number of rotatable bonds is 0. The van der Waals surface area contributed by atoms with Crippen LogP contribution in [0.15, 0.2) is 23.1 Å². The van der Waals surface area contributed by atoms with Gasteiger partial charge in [0.25, 0.3) is 0 Å². The molecule has 2 rings (SSSR count). The number of nitrogen functional groups attached to an aromatic ring is 1. The molecule has 76 valence electrons. The number of nitrogens with one attached hydrogen (secondary N) is 1. The number of para-hydroxylation sites is 1. The van der Waals surface area contributed by atoms with Gasteiger partial charge in [-0.05, 0) is 17.5 Å². The topological polar surface area (TPSA) is 38.0 Å². The molecule has 0 radical (unpaired) electrons. The van der Waals surface area contributed by atoms with E-state index in [1.54, 1.807) is 0 Å². The number of benzene rings is 1. The number of hydrogen-bond acceptors (Lipinski definition) is 3. The molecule has 0 saturated heterocycles. The minimum atomic E-state index is 0.329. The first-order chi connectivity index (χ1) is 6.58. The van der Waals surface area contributed by atoms with Crippen molar-refractivity contribution in [1.29, 1.82) is 0 Å². The van der Waals surface area contributed by atoms with Gasteiger partial charge in [-0.15, -0.1) is 11.8 Å². The van der Waals surface area contributed by atoms with Crippen LogP contribution < -0.4 is 11.1 Å². The average molecular weight is 208 g/mol. The zero-order valence-corrected chi connectivity index (χ0v) is 9.45. The van der Waals surface area contributed by atoms with Gasteiger partial charge in [0.05, 0.1) is 11.4 Å². The molecule has 3 heteroatoms. The summed E-state index contributed by atoms with van der Waals surface area (Å²) in [6.45, 7) is 5.53. The monoisotopic (exact) mass is 208 g/mol. The highest BCUT2D eigenvalue weighted by Crippen LogP contribution is 2.39. The fourth-order valence-corrected chi connectivity index (χ4v) is 2.67. The van der Waals surface area contributed by atoms with E-state index in [9.17, 15) is 0 Å². The Morgan fingerprint density at radius 2 is 2.21 bits per heavy atom. The van der Waals surface area contributed by atoms with Crippen molar-refractivity contribution in [2.45, 2.75) is 18.7 Å². The van der Waals surface area contributed by atoms with E-state index in [0.29, 0.717) is 5.41 Å². The smallest absolute Gasteiger partial charge is 0.0712 e. The van der Waals surface area contributed by atoms with Gasteiger partial charge in [0, 0.05) is 17.2 Å². The molecule has 0 saturated carbocycles. The molecule has 2 nitrogen and oxygen atoms in total. The van der Waals surface area contributed by atoms with Crippen molar-refractivity contribution in [2.24, 2.45) is 5.41 Å². The van der Waals surface area contributed by atoms with Crippen molar-refractivity contribution in [2.75, 3.05) is 23.3 Å². The molecule has 0 aromatic heterocycles. The Morgan fingerprint density at radius 3 is 3.00 bits per heavy atom. The lowest BCUT2D eigenvalue weighted by atomic mass is 9.96. The van der Waals surface area contributed by atoms with Gasteiger partial charge in [-0.2, -0.15) is 0 Å². The molecule has 1 aliphatic rings. The van der Waals surface area contributed by atoms with Crippen molar-refractivity contribution in [1.82, 2.24) is 0 Å². The van der Waals surface area contributed by atoms with Gasteiger partial charge in [0.1, 0.15) is 0 Å². The SMILES string of the molecule is CC1(C)CNc2c(N)cccc2SC1. The number of hydrogen-bond donors (Lipinski definition) is 2. The highest BCUT2D eigenvalue weighted by atomic mass is 32.2. The maximum Gasteiger partial charge on any atom is 0.0712 e. The second-order valence-corrected chi connectivity index (χ2v) is 5.54. The Bertz CT molecular complexity index is 347. The molecule has 1 aromatic carbocycles. The van der Waals surface area contributed by atoms with Gasteiger partial charge >= 0.3 is 0 Å². The summed E-state index contributed by atoms with van der Waals surface area (Å²) >= 11 is 1.89. The first-order valence-electron chi connectivity index (χ1n) is 4.84. The maximum atomic E-state index is 5.92. The quantitative estimate of drug-likeness (QED) is 0.644. The van der Waals surface area contributed by atoms with E-state index in [1.165, 1.54) is 4.90 Å². The molecular formula is C11H16N2S. The highest BCUT2D eigenvalue weighted by Gasteiger charge is 2.23. The van der Waals surface area contributed by atoms with Crippen LogP contribution in [0.4, 0.5) is 11.4 Å². The molecule has 0 spiro atoms. The molecule has 14 heavy (non-hydrogen) atoms. The average Bonchev–Trinajstić information content (AvgIpc) is 2.27. The van der Waals surface area contributed by atoms with Crippen LogP contribution in [-0.4, -0.2) is 12.3 Å². The summed E-state index contributed by atoms with van der Waals surface area (Å²) in [6.07, 6.45) is 0. The predicted molar refractivity (Wildman–Crippen MR) is 63.8 cm³/mol. The normalized spacial score (nSPS) is 19.3. The summed E-state index contributed by atoms with van der Waals surface area (Å²) in [5.41, 5.74) is 8.22. The summed E-state index contributed by atoms with van der Waals surface area (Å²) in [5.74, 6) is 1.14. The summed E-state index contributed by atoms with van der Waals surface area (Å²) in [6, 6.07) is 6.09. The number of nitrogens with two attached hydrogens (primary N) is 1. The van der Waals surface area contributed by atoms with Crippen LogP contribution >= 0.6 is 11.8 Å². The predicted octanol–water partition coefficient (Wildman–Crippen LogP) is 2.81. The van der Waals surface area contributed by atoms with Gasteiger partial charge in [-0.25, -0.2) is 0 Å². The third kappa shape index (κ3) is 1.82. The van der Waals surface area contributed by atoms with Crippen LogP contribution in [0.3, 0.4) is 0 Å². The van der Waals surface area contributed by atoms with Crippen LogP contribution in [0.5, 0.6) is 0 Å². The molecule has 1 aliphatic heterocycles. The Morgan fingerprint density at radius 1 is 1.43 bits per heavy atom. The van der Waals surface area contributed by atoms with E-state index in [-0.39, 0.29) is 0 Å². The van der Waals surface area contributed by atoms with E-state index >= 15 is 0 Å². The van der Waals surface area contributed by atoms with Crippen molar-refractivity contribution >= 4 is 23.1 Å². The van der Waals surface area contributed by atoms with Crippen molar-refractivity contribution in [3.8, 4) is 0 Å². The fraction of sp³-hybridized carbons (Fsp3) is 0.455. The molecule has 0 amide bonds. The Balaban J connectivity index is 2.34. The Labute approximate surface area is 89.3 Å². The molecule has 1 aromatic rings. The van der Waals surface area contributed by atoms with Crippen LogP contribution in [0.2, 0.25) is 0 Å².